The van der Waals surface area contributed by atoms with E-state index in [1.54, 1.807) is 30.5 Å². The highest BCUT2D eigenvalue weighted by atomic mass is 79.9. The molecule has 10 heteroatoms. The molecule has 0 aliphatic rings. The predicted molar refractivity (Wildman–Crippen MR) is 147 cm³/mol. The molecular formula is C26H22Br2N4O4. The number of nitrogens with zero attached hydrogens (tertiary/aromatic N) is 4. The average Bonchev–Trinajstić information content (AvgIpc) is 2.87. The topological polar surface area (TPSA) is 99.6 Å². The zero-order valence-electron chi connectivity index (χ0n) is 19.4. The zero-order valence-corrected chi connectivity index (χ0v) is 22.5. The molecule has 0 unspecified atom stereocenters. The Morgan fingerprint density at radius 3 is 2.53 bits per heavy atom. The summed E-state index contributed by atoms with van der Waals surface area (Å²) in [5.41, 5.74) is 1.86. The summed E-state index contributed by atoms with van der Waals surface area (Å²) < 4.78 is 8.96. The Kier molecular flexibility index (Phi) is 8.27. The van der Waals surface area contributed by atoms with Crippen molar-refractivity contribution in [1.82, 2.24) is 9.66 Å². The van der Waals surface area contributed by atoms with Crippen molar-refractivity contribution in [2.24, 2.45) is 5.10 Å². The largest absolute Gasteiger partial charge is 0.488 e. The van der Waals surface area contributed by atoms with E-state index in [0.29, 0.717) is 34.5 Å². The molecule has 0 fully saturated rings. The summed E-state index contributed by atoms with van der Waals surface area (Å²) in [5, 5.41) is 15.9. The number of hydrogen-bond donors (Lipinski definition) is 0. The first kappa shape index (κ1) is 25.7. The predicted octanol–water partition coefficient (Wildman–Crippen LogP) is 6.63. The minimum absolute atomic E-state index is 0.0237. The van der Waals surface area contributed by atoms with Crippen LogP contribution in [0.4, 0.5) is 5.69 Å². The Labute approximate surface area is 224 Å². The molecule has 0 N–H and O–H groups in total. The maximum absolute atomic E-state index is 13.3. The fourth-order valence-corrected chi connectivity index (χ4v) is 4.30. The number of fused-ring (bicyclic) bond motifs is 1. The molecule has 4 aromatic rings. The third-order valence-corrected chi connectivity index (χ3v) is 6.44. The van der Waals surface area contributed by atoms with E-state index < -0.39 is 4.92 Å². The molecule has 0 atom stereocenters. The molecule has 0 bridgehead atoms. The lowest BCUT2D eigenvalue weighted by atomic mass is 10.2. The van der Waals surface area contributed by atoms with Gasteiger partial charge in [0, 0.05) is 33.1 Å². The molecule has 4 rings (SSSR count). The van der Waals surface area contributed by atoms with E-state index in [9.17, 15) is 14.9 Å². The minimum Gasteiger partial charge on any atom is -0.488 e. The Morgan fingerprint density at radius 2 is 1.81 bits per heavy atom. The number of aromatic nitrogens is 2. The third-order valence-electron chi connectivity index (χ3n) is 5.45. The molecule has 0 aliphatic heterocycles. The molecule has 1 heterocycles. The van der Waals surface area contributed by atoms with Gasteiger partial charge in [-0.3, -0.25) is 14.9 Å². The highest BCUT2D eigenvalue weighted by molar-refractivity contribution is 9.10. The van der Waals surface area contributed by atoms with Crippen molar-refractivity contribution in [2.75, 3.05) is 0 Å². The number of hydrogen-bond acceptors (Lipinski definition) is 6. The first-order valence-corrected chi connectivity index (χ1v) is 12.9. The van der Waals surface area contributed by atoms with Crippen LogP contribution in [-0.2, 0) is 13.0 Å². The zero-order chi connectivity index (χ0) is 25.7. The lowest BCUT2D eigenvalue weighted by Crippen LogP contribution is -2.22. The van der Waals surface area contributed by atoms with Crippen molar-refractivity contribution in [1.29, 1.82) is 0 Å². The second kappa shape index (κ2) is 11.6. The fourth-order valence-electron chi connectivity index (χ4n) is 3.56. The molecule has 0 aliphatic carbocycles. The third kappa shape index (κ3) is 6.06. The van der Waals surface area contributed by atoms with Crippen LogP contribution in [0, 0.1) is 10.1 Å². The van der Waals surface area contributed by atoms with E-state index in [1.165, 1.54) is 16.8 Å². The minimum atomic E-state index is -0.440. The van der Waals surface area contributed by atoms with Crippen molar-refractivity contribution in [2.45, 2.75) is 32.8 Å². The molecule has 0 radical (unpaired) electrons. The van der Waals surface area contributed by atoms with Crippen LogP contribution in [-0.4, -0.2) is 20.8 Å². The van der Waals surface area contributed by atoms with E-state index in [1.807, 2.05) is 24.3 Å². The van der Waals surface area contributed by atoms with Crippen molar-refractivity contribution >= 4 is 54.7 Å². The van der Waals surface area contributed by atoms with Gasteiger partial charge >= 0.3 is 0 Å². The van der Waals surface area contributed by atoms with Gasteiger partial charge in [-0.25, -0.2) is 4.98 Å². The van der Waals surface area contributed by atoms with Crippen molar-refractivity contribution < 1.29 is 9.66 Å². The van der Waals surface area contributed by atoms with E-state index >= 15 is 0 Å². The normalized spacial score (nSPS) is 11.3. The van der Waals surface area contributed by atoms with Gasteiger partial charge in [-0.05, 0) is 60.5 Å². The van der Waals surface area contributed by atoms with Crippen LogP contribution in [0.2, 0.25) is 0 Å². The summed E-state index contributed by atoms with van der Waals surface area (Å²) in [5.74, 6) is 1.15. The maximum atomic E-state index is 13.3. The summed E-state index contributed by atoms with van der Waals surface area (Å²) in [7, 11) is 0. The van der Waals surface area contributed by atoms with Gasteiger partial charge in [0.1, 0.15) is 18.2 Å². The van der Waals surface area contributed by atoms with Gasteiger partial charge in [0.05, 0.1) is 22.0 Å². The highest BCUT2D eigenvalue weighted by Gasteiger charge is 2.12. The number of unbranched alkanes of at least 4 members (excludes halogenated alkanes) is 1. The molecule has 184 valence electrons. The molecule has 0 amide bonds. The summed E-state index contributed by atoms with van der Waals surface area (Å²) in [6.45, 7) is 2.30. The molecule has 0 spiro atoms. The second-order valence-corrected chi connectivity index (χ2v) is 9.88. The van der Waals surface area contributed by atoms with Gasteiger partial charge in [-0.15, -0.1) is 0 Å². The lowest BCUT2D eigenvalue weighted by molar-refractivity contribution is -0.384. The summed E-state index contributed by atoms with van der Waals surface area (Å²) >= 11 is 6.90. The number of aryl methyl sites for hydroxylation is 1. The number of nitro benzene ring substituents is 1. The molecule has 3 aromatic carbocycles. The lowest BCUT2D eigenvalue weighted by Gasteiger charge is -2.11. The van der Waals surface area contributed by atoms with Crippen molar-refractivity contribution in [3.05, 3.63) is 107 Å². The Morgan fingerprint density at radius 1 is 1.08 bits per heavy atom. The molecule has 36 heavy (non-hydrogen) atoms. The van der Waals surface area contributed by atoms with E-state index in [-0.39, 0.29) is 17.9 Å². The standard InChI is InChI=1S/C26H22Br2N4O4/c1-2-3-4-25-30-23-11-7-20(28)14-22(23)26(33)31(25)29-15-18-13-19(27)8-12-24(18)36-16-17-5-9-21(10-6-17)32(34)35/h5-15H,2-4,16H2,1H3. The summed E-state index contributed by atoms with van der Waals surface area (Å²) in [4.78, 5) is 28.5. The van der Waals surface area contributed by atoms with Gasteiger partial charge in [-0.1, -0.05) is 45.2 Å². The van der Waals surface area contributed by atoms with Gasteiger partial charge in [0.2, 0.25) is 0 Å². The Hall–Kier alpha value is -3.37. The van der Waals surface area contributed by atoms with E-state index in [2.05, 4.69) is 43.9 Å². The molecule has 8 nitrogen and oxygen atoms in total. The first-order valence-electron chi connectivity index (χ1n) is 11.3. The van der Waals surface area contributed by atoms with Crippen LogP contribution < -0.4 is 10.3 Å². The molecule has 0 saturated heterocycles. The molecular weight excluding hydrogens is 592 g/mol. The maximum Gasteiger partial charge on any atom is 0.282 e. The summed E-state index contributed by atoms with van der Waals surface area (Å²) in [6, 6.07) is 17.1. The quantitative estimate of drug-likeness (QED) is 0.120. The van der Waals surface area contributed by atoms with Crippen molar-refractivity contribution in [3.63, 3.8) is 0 Å². The Bertz CT molecular complexity index is 1500. The number of rotatable bonds is 9. The van der Waals surface area contributed by atoms with Gasteiger partial charge in [-0.2, -0.15) is 9.78 Å². The average molecular weight is 614 g/mol. The summed E-state index contributed by atoms with van der Waals surface area (Å²) in [6.07, 6.45) is 4.05. The van der Waals surface area contributed by atoms with Gasteiger partial charge in [0.15, 0.2) is 0 Å². The highest BCUT2D eigenvalue weighted by Crippen LogP contribution is 2.24. The monoisotopic (exact) mass is 612 g/mol. The van der Waals surface area contributed by atoms with Crippen LogP contribution in [0.5, 0.6) is 5.75 Å². The Balaban J connectivity index is 1.67. The van der Waals surface area contributed by atoms with Crippen LogP contribution in [0.1, 0.15) is 36.7 Å². The molecule has 0 saturated carbocycles. The van der Waals surface area contributed by atoms with Crippen LogP contribution in [0.3, 0.4) is 0 Å². The smallest absolute Gasteiger partial charge is 0.282 e. The van der Waals surface area contributed by atoms with Crippen LogP contribution >= 0.6 is 31.9 Å². The van der Waals surface area contributed by atoms with Gasteiger partial charge < -0.3 is 4.74 Å². The van der Waals surface area contributed by atoms with Crippen LogP contribution in [0.15, 0.2) is 79.5 Å². The van der Waals surface area contributed by atoms with E-state index in [4.69, 9.17) is 9.72 Å². The van der Waals surface area contributed by atoms with E-state index in [0.717, 1.165) is 27.4 Å². The van der Waals surface area contributed by atoms with Crippen LogP contribution in [0.25, 0.3) is 10.9 Å². The fraction of sp³-hybridized carbons (Fsp3) is 0.192. The SMILES string of the molecule is CCCCc1nc2ccc(Br)cc2c(=O)n1N=Cc1cc(Br)ccc1OCc1ccc([N+](=O)[O-])cc1. The number of ether oxygens (including phenoxy) is 1. The number of nitro groups is 1. The first-order chi connectivity index (χ1) is 17.4. The number of halogens is 2. The number of non-ortho nitro benzene ring substituents is 1. The number of benzene rings is 3. The second-order valence-electron chi connectivity index (χ2n) is 8.05. The van der Waals surface area contributed by atoms with Gasteiger partial charge in [0.25, 0.3) is 11.2 Å². The molecule has 1 aromatic heterocycles. The van der Waals surface area contributed by atoms with Crippen molar-refractivity contribution in [3.8, 4) is 5.75 Å².